The van der Waals surface area contributed by atoms with Crippen LogP contribution >= 0.6 is 0 Å². The second-order valence-corrected chi connectivity index (χ2v) is 6.24. The highest BCUT2D eigenvalue weighted by molar-refractivity contribution is 5.63. The molecule has 19 heavy (non-hydrogen) atoms. The van der Waals surface area contributed by atoms with Crippen LogP contribution in [0.5, 0.6) is 0 Å². The van der Waals surface area contributed by atoms with Crippen molar-refractivity contribution in [3.8, 4) is 5.69 Å². The van der Waals surface area contributed by atoms with E-state index in [0.29, 0.717) is 5.41 Å². The molecule has 0 radical (unpaired) electrons. The maximum absolute atomic E-state index is 4.62. The van der Waals surface area contributed by atoms with Crippen LogP contribution in [0.3, 0.4) is 0 Å². The second-order valence-electron chi connectivity index (χ2n) is 6.24. The molecule has 94 valence electrons. The van der Waals surface area contributed by atoms with Crippen LogP contribution in [0, 0.1) is 11.3 Å². The number of fused-ring (bicyclic) bond motifs is 1. The van der Waals surface area contributed by atoms with E-state index in [4.69, 9.17) is 0 Å². The fourth-order valence-electron chi connectivity index (χ4n) is 4.24. The van der Waals surface area contributed by atoms with Gasteiger partial charge in [-0.05, 0) is 60.8 Å². The maximum Gasteiger partial charge on any atom is 0.0700 e. The molecule has 2 fully saturated rings. The lowest BCUT2D eigenvalue weighted by atomic mass is 9.84. The molecule has 1 aromatic carbocycles. The number of allylic oxidation sites excluding steroid dienone is 1. The first-order chi connectivity index (χ1) is 9.37. The smallest absolute Gasteiger partial charge is 0.0700 e. The van der Waals surface area contributed by atoms with Crippen molar-refractivity contribution in [2.45, 2.75) is 25.7 Å². The van der Waals surface area contributed by atoms with Crippen molar-refractivity contribution >= 4 is 6.08 Å². The van der Waals surface area contributed by atoms with Gasteiger partial charge in [-0.1, -0.05) is 23.8 Å². The average molecular weight is 248 g/mol. The Hall–Kier alpha value is -1.83. The van der Waals surface area contributed by atoms with Gasteiger partial charge in [-0.2, -0.15) is 5.10 Å². The first-order valence-electron chi connectivity index (χ1n) is 7.20. The van der Waals surface area contributed by atoms with Crippen molar-refractivity contribution in [3.63, 3.8) is 0 Å². The lowest BCUT2D eigenvalue weighted by molar-refractivity contribution is 0.580. The van der Waals surface area contributed by atoms with E-state index < -0.39 is 0 Å². The monoisotopic (exact) mass is 248 g/mol. The molecule has 2 atom stereocenters. The molecule has 3 aliphatic rings. The second kappa shape index (κ2) is 3.19. The molecule has 1 heterocycles. The summed E-state index contributed by atoms with van der Waals surface area (Å²) in [6, 6.07) is 10.5. The van der Waals surface area contributed by atoms with Crippen LogP contribution in [-0.2, 0) is 6.42 Å². The summed E-state index contributed by atoms with van der Waals surface area (Å²) in [6.07, 6.45) is 9.89. The fourth-order valence-corrected chi connectivity index (χ4v) is 4.24. The SMILES string of the molecule is C1=C2CCC3CC23Cc2cnn(-c3ccccc3)c21. The average Bonchev–Trinajstić information content (AvgIpc) is 2.82. The van der Waals surface area contributed by atoms with E-state index in [9.17, 15) is 0 Å². The van der Waals surface area contributed by atoms with E-state index in [1.54, 1.807) is 5.57 Å². The maximum atomic E-state index is 4.62. The number of para-hydroxylation sites is 1. The van der Waals surface area contributed by atoms with Gasteiger partial charge in [0, 0.05) is 0 Å². The number of hydrogen-bond acceptors (Lipinski definition) is 1. The lowest BCUT2D eigenvalue weighted by Crippen LogP contribution is -2.13. The van der Waals surface area contributed by atoms with Gasteiger partial charge in [-0.25, -0.2) is 4.68 Å². The lowest BCUT2D eigenvalue weighted by Gasteiger charge is -2.21. The number of rotatable bonds is 1. The molecule has 1 aromatic heterocycles. The molecule has 0 saturated heterocycles. The van der Waals surface area contributed by atoms with Crippen molar-refractivity contribution < 1.29 is 0 Å². The Morgan fingerprint density at radius 2 is 2.11 bits per heavy atom. The van der Waals surface area contributed by atoms with Gasteiger partial charge < -0.3 is 0 Å². The van der Waals surface area contributed by atoms with E-state index in [2.05, 4.69) is 52.4 Å². The Morgan fingerprint density at radius 1 is 1.21 bits per heavy atom. The molecule has 0 amide bonds. The zero-order valence-electron chi connectivity index (χ0n) is 10.8. The third-order valence-electron chi connectivity index (χ3n) is 5.34. The summed E-state index contributed by atoms with van der Waals surface area (Å²) < 4.78 is 2.10. The Kier molecular flexibility index (Phi) is 1.68. The predicted octanol–water partition coefficient (Wildman–Crippen LogP) is 3.61. The zero-order valence-corrected chi connectivity index (χ0v) is 10.8. The van der Waals surface area contributed by atoms with Crippen LogP contribution in [0.2, 0.25) is 0 Å². The summed E-state index contributed by atoms with van der Waals surface area (Å²) in [5.41, 5.74) is 6.19. The van der Waals surface area contributed by atoms with Gasteiger partial charge in [0.25, 0.3) is 0 Å². The van der Waals surface area contributed by atoms with E-state index in [0.717, 1.165) is 5.92 Å². The Labute approximate surface area is 112 Å². The highest BCUT2D eigenvalue weighted by Crippen LogP contribution is 2.69. The van der Waals surface area contributed by atoms with Gasteiger partial charge in [0.15, 0.2) is 0 Å². The van der Waals surface area contributed by atoms with E-state index >= 15 is 0 Å². The molecule has 2 aromatic rings. The topological polar surface area (TPSA) is 17.8 Å². The first-order valence-corrected chi connectivity index (χ1v) is 7.20. The molecule has 2 heteroatoms. The molecule has 3 aliphatic carbocycles. The van der Waals surface area contributed by atoms with Gasteiger partial charge >= 0.3 is 0 Å². The molecule has 0 bridgehead atoms. The third kappa shape index (κ3) is 1.19. The molecular formula is C17H16N2. The molecule has 0 aliphatic heterocycles. The number of nitrogens with zero attached hydrogens (tertiary/aromatic N) is 2. The Bertz CT molecular complexity index is 695. The fraction of sp³-hybridized carbons (Fsp3) is 0.353. The van der Waals surface area contributed by atoms with Crippen molar-refractivity contribution in [1.29, 1.82) is 0 Å². The van der Waals surface area contributed by atoms with Crippen molar-refractivity contribution in [3.05, 3.63) is 53.4 Å². The number of hydrogen-bond donors (Lipinski definition) is 0. The summed E-state index contributed by atoms with van der Waals surface area (Å²) >= 11 is 0. The van der Waals surface area contributed by atoms with Crippen LogP contribution in [0.25, 0.3) is 11.8 Å². The van der Waals surface area contributed by atoms with E-state index in [1.165, 1.54) is 42.6 Å². The minimum Gasteiger partial charge on any atom is -0.233 e. The van der Waals surface area contributed by atoms with Crippen LogP contribution in [0.1, 0.15) is 30.5 Å². The quantitative estimate of drug-likeness (QED) is 0.753. The van der Waals surface area contributed by atoms with E-state index in [-0.39, 0.29) is 0 Å². The van der Waals surface area contributed by atoms with Crippen molar-refractivity contribution in [2.75, 3.05) is 0 Å². The molecular weight excluding hydrogens is 232 g/mol. The molecule has 2 saturated carbocycles. The largest absolute Gasteiger partial charge is 0.233 e. The van der Waals surface area contributed by atoms with Crippen LogP contribution in [-0.4, -0.2) is 9.78 Å². The summed E-state index contributed by atoms with van der Waals surface area (Å²) in [6.45, 7) is 0. The Balaban J connectivity index is 1.68. The molecule has 2 unspecified atom stereocenters. The summed E-state index contributed by atoms with van der Waals surface area (Å²) in [7, 11) is 0. The van der Waals surface area contributed by atoms with Gasteiger partial charge in [0.05, 0.1) is 17.6 Å². The molecule has 2 nitrogen and oxygen atoms in total. The highest BCUT2D eigenvalue weighted by Gasteiger charge is 2.60. The molecule has 0 N–H and O–H groups in total. The van der Waals surface area contributed by atoms with Crippen LogP contribution < -0.4 is 0 Å². The normalized spacial score (nSPS) is 30.3. The predicted molar refractivity (Wildman–Crippen MR) is 75.0 cm³/mol. The summed E-state index contributed by atoms with van der Waals surface area (Å²) in [5.74, 6) is 0.979. The first kappa shape index (κ1) is 10.0. The molecule has 5 rings (SSSR count). The van der Waals surface area contributed by atoms with Gasteiger partial charge in [0.1, 0.15) is 0 Å². The van der Waals surface area contributed by atoms with E-state index in [1.807, 2.05) is 0 Å². The van der Waals surface area contributed by atoms with Crippen molar-refractivity contribution in [2.24, 2.45) is 11.3 Å². The standard InChI is InChI=1S/C17H16N2/c1-2-4-15(5-3-1)19-16-8-13-6-7-14-10-17(13,14)9-12(16)11-18-19/h1-5,8,11,14H,6-7,9-10H2. The highest BCUT2D eigenvalue weighted by atomic mass is 15.3. The van der Waals surface area contributed by atoms with Gasteiger partial charge in [-0.3, -0.25) is 0 Å². The number of aromatic nitrogens is 2. The minimum absolute atomic E-state index is 0.567. The van der Waals surface area contributed by atoms with Crippen LogP contribution in [0.4, 0.5) is 0 Å². The summed E-state index contributed by atoms with van der Waals surface area (Å²) in [5, 5.41) is 4.62. The minimum atomic E-state index is 0.567. The van der Waals surface area contributed by atoms with Gasteiger partial charge in [-0.15, -0.1) is 0 Å². The van der Waals surface area contributed by atoms with Crippen molar-refractivity contribution in [1.82, 2.24) is 9.78 Å². The van der Waals surface area contributed by atoms with Crippen LogP contribution in [0.15, 0.2) is 42.1 Å². The van der Waals surface area contributed by atoms with Gasteiger partial charge in [0.2, 0.25) is 0 Å². The number of benzene rings is 1. The molecule has 1 spiro atoms. The zero-order chi connectivity index (χ0) is 12.4. The Morgan fingerprint density at radius 3 is 2.95 bits per heavy atom. The summed E-state index contributed by atoms with van der Waals surface area (Å²) in [4.78, 5) is 0. The third-order valence-corrected chi connectivity index (χ3v) is 5.34.